The van der Waals surface area contributed by atoms with Gasteiger partial charge in [-0.3, -0.25) is 0 Å². The van der Waals surface area contributed by atoms with E-state index >= 15 is 0 Å². The highest BCUT2D eigenvalue weighted by molar-refractivity contribution is 7.13. The number of hydrogen-bond acceptors (Lipinski definition) is 3. The summed E-state index contributed by atoms with van der Waals surface area (Å²) in [5, 5.41) is 3.23. The van der Waals surface area contributed by atoms with E-state index in [-0.39, 0.29) is 0 Å². The monoisotopic (exact) mass is 250 g/mol. The van der Waals surface area contributed by atoms with Crippen molar-refractivity contribution in [3.63, 3.8) is 0 Å². The van der Waals surface area contributed by atoms with Crippen molar-refractivity contribution in [3.05, 3.63) is 11.1 Å². The largest absolute Gasteiger partial charge is 0.348 e. The molecule has 86 valence electrons. The zero-order valence-corrected chi connectivity index (χ0v) is 12.0. The number of thiazole rings is 1. The minimum Gasteiger partial charge on any atom is -0.348 e. The second kappa shape index (κ2) is 4.60. The van der Waals surface area contributed by atoms with Crippen molar-refractivity contribution in [1.82, 2.24) is 4.98 Å². The van der Waals surface area contributed by atoms with Crippen LogP contribution >= 0.6 is 11.3 Å². The maximum Gasteiger partial charge on any atom is 0.186 e. The fourth-order valence-corrected chi connectivity index (χ4v) is 2.94. The first-order valence-electron chi connectivity index (χ1n) is 5.78. The average Bonchev–Trinajstić information content (AvgIpc) is 2.84. The minimum atomic E-state index is -1.27. The van der Waals surface area contributed by atoms with E-state index in [4.69, 9.17) is 0 Å². The van der Waals surface area contributed by atoms with Crippen molar-refractivity contribution < 1.29 is 0 Å². The third-order valence-corrected chi connectivity index (χ3v) is 4.21. The first kappa shape index (κ1) is 11.7. The fourth-order valence-electron chi connectivity index (χ4n) is 1.63. The molecule has 16 heavy (non-hydrogen) atoms. The summed E-state index contributed by atoms with van der Waals surface area (Å²) >= 11 is 1.73. The van der Waals surface area contributed by atoms with E-state index in [1.165, 1.54) is 12.8 Å². The third-order valence-electron chi connectivity index (χ3n) is 2.43. The highest BCUT2D eigenvalue weighted by Crippen LogP contribution is 2.23. The van der Waals surface area contributed by atoms with Crippen LogP contribution < -0.4 is 4.90 Å². The fraction of sp³-hybridized carbons (Fsp3) is 0.583. The topological polar surface area (TPSA) is 16.1 Å². The molecule has 0 saturated carbocycles. The van der Waals surface area contributed by atoms with E-state index in [1.54, 1.807) is 11.3 Å². The van der Waals surface area contributed by atoms with Gasteiger partial charge in [-0.05, 0) is 12.8 Å². The van der Waals surface area contributed by atoms with Crippen molar-refractivity contribution in [1.29, 1.82) is 0 Å². The molecule has 2 rings (SSSR count). The van der Waals surface area contributed by atoms with Crippen LogP contribution in [0.5, 0.6) is 0 Å². The molecule has 0 unspecified atom stereocenters. The predicted molar refractivity (Wildman–Crippen MR) is 73.8 cm³/mol. The van der Waals surface area contributed by atoms with Gasteiger partial charge in [0.15, 0.2) is 5.13 Å². The van der Waals surface area contributed by atoms with Gasteiger partial charge in [-0.25, -0.2) is 4.98 Å². The molecule has 0 aromatic carbocycles. The highest BCUT2D eigenvalue weighted by atomic mass is 32.1. The van der Waals surface area contributed by atoms with E-state index in [0.717, 1.165) is 23.9 Å². The van der Waals surface area contributed by atoms with Crippen LogP contribution in [-0.4, -0.2) is 26.1 Å². The minimum absolute atomic E-state index is 0.953. The molecule has 0 spiro atoms. The number of aromatic nitrogens is 1. The summed E-state index contributed by atoms with van der Waals surface area (Å²) in [4.78, 5) is 6.95. The van der Waals surface area contributed by atoms with E-state index < -0.39 is 8.07 Å². The Bertz CT molecular complexity index is 416. The average molecular weight is 250 g/mol. The van der Waals surface area contributed by atoms with Crippen molar-refractivity contribution in [2.75, 3.05) is 18.0 Å². The summed E-state index contributed by atoms with van der Waals surface area (Å²) < 4.78 is 0. The smallest absolute Gasteiger partial charge is 0.186 e. The van der Waals surface area contributed by atoms with Crippen LogP contribution in [0.1, 0.15) is 18.5 Å². The SMILES string of the molecule is C[Si](C)(C)C#Cc1csc(N2CCCC2)n1. The molecule has 0 amide bonds. The number of nitrogens with zero attached hydrogens (tertiary/aromatic N) is 2. The second-order valence-electron chi connectivity index (χ2n) is 5.21. The van der Waals surface area contributed by atoms with Crippen LogP contribution in [0.15, 0.2) is 5.38 Å². The summed E-state index contributed by atoms with van der Waals surface area (Å²) in [6, 6.07) is 0. The first-order chi connectivity index (χ1) is 7.54. The Balaban J connectivity index is 2.09. The molecule has 1 saturated heterocycles. The zero-order valence-electron chi connectivity index (χ0n) is 10.2. The Kier molecular flexibility index (Phi) is 3.36. The molecule has 4 heteroatoms. The summed E-state index contributed by atoms with van der Waals surface area (Å²) in [6.07, 6.45) is 2.60. The highest BCUT2D eigenvalue weighted by Gasteiger charge is 2.15. The van der Waals surface area contributed by atoms with Gasteiger partial charge in [0, 0.05) is 18.5 Å². The van der Waals surface area contributed by atoms with Crippen LogP contribution in [-0.2, 0) is 0 Å². The van der Waals surface area contributed by atoms with Crippen LogP contribution in [0.3, 0.4) is 0 Å². The molecule has 1 fully saturated rings. The van der Waals surface area contributed by atoms with Crippen molar-refractivity contribution in [2.45, 2.75) is 32.5 Å². The lowest BCUT2D eigenvalue weighted by Gasteiger charge is -2.11. The quantitative estimate of drug-likeness (QED) is 0.563. The van der Waals surface area contributed by atoms with Crippen molar-refractivity contribution >= 4 is 24.5 Å². The van der Waals surface area contributed by atoms with E-state index in [2.05, 4.69) is 46.4 Å². The normalized spacial score (nSPS) is 16.1. The number of rotatable bonds is 1. The van der Waals surface area contributed by atoms with Gasteiger partial charge in [0.2, 0.25) is 0 Å². The van der Waals surface area contributed by atoms with Gasteiger partial charge in [0.1, 0.15) is 13.8 Å². The molecule has 1 aromatic heterocycles. The lowest BCUT2D eigenvalue weighted by atomic mass is 10.4. The van der Waals surface area contributed by atoms with Crippen LogP contribution in [0, 0.1) is 11.5 Å². The molecule has 2 heterocycles. The molecule has 1 aliphatic rings. The summed E-state index contributed by atoms with van der Waals surface area (Å²) in [5.41, 5.74) is 4.31. The van der Waals surface area contributed by atoms with Gasteiger partial charge in [-0.15, -0.1) is 16.9 Å². The molecule has 0 radical (unpaired) electrons. The molecule has 0 bridgehead atoms. The third kappa shape index (κ3) is 3.10. The van der Waals surface area contributed by atoms with Crippen LogP contribution in [0.25, 0.3) is 0 Å². The summed E-state index contributed by atoms with van der Waals surface area (Å²) in [5.74, 6) is 3.21. The molecule has 0 atom stereocenters. The Morgan fingerprint density at radius 3 is 2.62 bits per heavy atom. The summed E-state index contributed by atoms with van der Waals surface area (Å²) in [6.45, 7) is 9.10. The Morgan fingerprint density at radius 2 is 2.00 bits per heavy atom. The predicted octanol–water partition coefficient (Wildman–Crippen LogP) is 2.97. The Hall–Kier alpha value is -0.793. The first-order valence-corrected chi connectivity index (χ1v) is 10.2. The second-order valence-corrected chi connectivity index (χ2v) is 10.8. The van der Waals surface area contributed by atoms with E-state index in [1.807, 2.05) is 0 Å². The molecule has 1 aromatic rings. The summed E-state index contributed by atoms with van der Waals surface area (Å²) in [7, 11) is -1.27. The van der Waals surface area contributed by atoms with Crippen LogP contribution in [0.2, 0.25) is 19.6 Å². The maximum atomic E-state index is 4.59. The Morgan fingerprint density at radius 1 is 1.31 bits per heavy atom. The molecule has 1 aliphatic heterocycles. The molecule has 2 nitrogen and oxygen atoms in total. The maximum absolute atomic E-state index is 4.59. The standard InChI is InChI=1S/C12H18N2SSi/c1-16(2,3)9-6-11-10-15-12(13-11)14-7-4-5-8-14/h10H,4-5,7-8H2,1-3H3. The van der Waals surface area contributed by atoms with Crippen molar-refractivity contribution in [2.24, 2.45) is 0 Å². The van der Waals surface area contributed by atoms with Gasteiger partial charge >= 0.3 is 0 Å². The van der Waals surface area contributed by atoms with Gasteiger partial charge in [0.05, 0.1) is 0 Å². The molecule has 0 N–H and O–H groups in total. The number of anilines is 1. The van der Waals surface area contributed by atoms with Crippen LogP contribution in [0.4, 0.5) is 5.13 Å². The lowest BCUT2D eigenvalue weighted by molar-refractivity contribution is 0.949. The van der Waals surface area contributed by atoms with Gasteiger partial charge < -0.3 is 4.90 Å². The van der Waals surface area contributed by atoms with Gasteiger partial charge in [0.25, 0.3) is 0 Å². The van der Waals surface area contributed by atoms with Gasteiger partial charge in [-0.1, -0.05) is 25.6 Å². The Labute approximate surface area is 103 Å². The van der Waals surface area contributed by atoms with Gasteiger partial charge in [-0.2, -0.15) is 0 Å². The van der Waals surface area contributed by atoms with E-state index in [0.29, 0.717) is 0 Å². The van der Waals surface area contributed by atoms with Crippen molar-refractivity contribution in [3.8, 4) is 11.5 Å². The van der Waals surface area contributed by atoms with E-state index in [9.17, 15) is 0 Å². The molecular weight excluding hydrogens is 232 g/mol. The molecular formula is C12H18N2SSi. The lowest BCUT2D eigenvalue weighted by Crippen LogP contribution is -2.17. The zero-order chi connectivity index (χ0) is 11.6. The number of hydrogen-bond donors (Lipinski definition) is 0. The molecule has 0 aliphatic carbocycles.